The van der Waals surface area contributed by atoms with Gasteiger partial charge in [0.2, 0.25) is 0 Å². The summed E-state index contributed by atoms with van der Waals surface area (Å²) in [6.45, 7) is 6.86. The molecule has 1 fully saturated rings. The second-order valence-electron chi connectivity index (χ2n) is 5.64. The van der Waals surface area contributed by atoms with Gasteiger partial charge in [-0.3, -0.25) is 4.79 Å². The van der Waals surface area contributed by atoms with Crippen LogP contribution in [0, 0.1) is 5.92 Å². The summed E-state index contributed by atoms with van der Waals surface area (Å²) in [7, 11) is 0. The number of anilines is 1. The van der Waals surface area contributed by atoms with Crippen molar-refractivity contribution in [2.24, 2.45) is 5.92 Å². The lowest BCUT2D eigenvalue weighted by molar-refractivity contribution is 0.509. The molecular formula is C14H24N4O. The van der Waals surface area contributed by atoms with Gasteiger partial charge in [-0.1, -0.05) is 13.8 Å². The van der Waals surface area contributed by atoms with Crippen molar-refractivity contribution in [2.45, 2.75) is 45.7 Å². The van der Waals surface area contributed by atoms with Gasteiger partial charge in [-0.25, -0.2) is 4.98 Å². The van der Waals surface area contributed by atoms with Gasteiger partial charge in [-0.05, 0) is 31.7 Å². The van der Waals surface area contributed by atoms with Gasteiger partial charge in [0.25, 0.3) is 5.56 Å². The molecule has 1 aliphatic rings. The van der Waals surface area contributed by atoms with E-state index in [0.717, 1.165) is 26.1 Å². The Morgan fingerprint density at radius 2 is 2.42 bits per heavy atom. The van der Waals surface area contributed by atoms with E-state index in [1.54, 1.807) is 17.0 Å². The summed E-state index contributed by atoms with van der Waals surface area (Å²) in [4.78, 5) is 16.3. The molecule has 0 spiro atoms. The van der Waals surface area contributed by atoms with Crippen LogP contribution in [-0.2, 0) is 6.54 Å². The van der Waals surface area contributed by atoms with Gasteiger partial charge in [0, 0.05) is 31.5 Å². The number of hydrogen-bond donors (Lipinski definition) is 2. The predicted octanol–water partition coefficient (Wildman–Crippen LogP) is 1.45. The predicted molar refractivity (Wildman–Crippen MR) is 77.5 cm³/mol. The van der Waals surface area contributed by atoms with E-state index in [4.69, 9.17) is 0 Å². The summed E-state index contributed by atoms with van der Waals surface area (Å²) < 4.78 is 1.73. The Kier molecular flexibility index (Phi) is 4.96. The monoisotopic (exact) mass is 264 g/mol. The van der Waals surface area contributed by atoms with Crippen LogP contribution in [-0.4, -0.2) is 28.7 Å². The highest BCUT2D eigenvalue weighted by molar-refractivity contribution is 5.30. The van der Waals surface area contributed by atoms with Gasteiger partial charge in [-0.15, -0.1) is 0 Å². The van der Waals surface area contributed by atoms with Crippen molar-refractivity contribution in [3.63, 3.8) is 0 Å². The molecule has 0 amide bonds. The fourth-order valence-corrected chi connectivity index (χ4v) is 2.47. The molecule has 2 rings (SSSR count). The lowest BCUT2D eigenvalue weighted by atomic mass is 10.1. The zero-order valence-corrected chi connectivity index (χ0v) is 11.9. The minimum atomic E-state index is -0.0180. The Morgan fingerprint density at radius 3 is 3.11 bits per heavy atom. The maximum absolute atomic E-state index is 12.2. The van der Waals surface area contributed by atoms with Gasteiger partial charge in [-0.2, -0.15) is 0 Å². The quantitative estimate of drug-likeness (QED) is 0.816. The van der Waals surface area contributed by atoms with Gasteiger partial charge < -0.3 is 15.2 Å². The lowest BCUT2D eigenvalue weighted by Crippen LogP contribution is -2.28. The molecule has 1 atom stereocenters. The Hall–Kier alpha value is -1.36. The zero-order valence-electron chi connectivity index (χ0n) is 11.9. The average molecular weight is 264 g/mol. The Morgan fingerprint density at radius 1 is 1.58 bits per heavy atom. The van der Waals surface area contributed by atoms with E-state index in [-0.39, 0.29) is 5.56 Å². The molecule has 5 nitrogen and oxygen atoms in total. The topological polar surface area (TPSA) is 59.0 Å². The molecule has 1 aromatic rings. The second-order valence-corrected chi connectivity index (χ2v) is 5.64. The number of aromatic nitrogens is 2. The molecule has 1 aliphatic heterocycles. The van der Waals surface area contributed by atoms with Crippen LogP contribution in [0.1, 0.15) is 33.1 Å². The summed E-state index contributed by atoms with van der Waals surface area (Å²) in [5.74, 6) is 0.928. The van der Waals surface area contributed by atoms with Gasteiger partial charge in [0.15, 0.2) is 5.82 Å². The summed E-state index contributed by atoms with van der Waals surface area (Å²) in [5.41, 5.74) is -0.0180. The molecule has 0 aromatic carbocycles. The van der Waals surface area contributed by atoms with Crippen molar-refractivity contribution in [3.8, 4) is 0 Å². The number of rotatable bonds is 6. The maximum atomic E-state index is 12.2. The number of nitrogens with zero attached hydrogens (tertiary/aromatic N) is 2. The van der Waals surface area contributed by atoms with Crippen molar-refractivity contribution >= 4 is 5.82 Å². The molecule has 0 aliphatic carbocycles. The third-order valence-electron chi connectivity index (χ3n) is 3.42. The van der Waals surface area contributed by atoms with Crippen LogP contribution in [0.15, 0.2) is 17.2 Å². The largest absolute Gasteiger partial charge is 0.365 e. The van der Waals surface area contributed by atoms with E-state index in [1.165, 1.54) is 12.8 Å². The van der Waals surface area contributed by atoms with E-state index in [1.807, 2.05) is 0 Å². The summed E-state index contributed by atoms with van der Waals surface area (Å²) in [6.07, 6.45) is 6.99. The van der Waals surface area contributed by atoms with Crippen molar-refractivity contribution in [2.75, 3.05) is 18.4 Å². The van der Waals surface area contributed by atoms with Crippen molar-refractivity contribution in [1.29, 1.82) is 0 Å². The molecule has 106 valence electrons. The van der Waals surface area contributed by atoms with Crippen molar-refractivity contribution < 1.29 is 0 Å². The zero-order chi connectivity index (χ0) is 13.7. The molecule has 1 saturated heterocycles. The molecule has 2 N–H and O–H groups in total. The molecule has 5 heteroatoms. The molecule has 0 bridgehead atoms. The normalized spacial score (nSPS) is 19.0. The van der Waals surface area contributed by atoms with Crippen molar-refractivity contribution in [1.82, 2.24) is 14.9 Å². The third kappa shape index (κ3) is 4.06. The minimum Gasteiger partial charge on any atom is -0.365 e. The van der Waals surface area contributed by atoms with Crippen molar-refractivity contribution in [3.05, 3.63) is 22.7 Å². The van der Waals surface area contributed by atoms with Gasteiger partial charge in [0.05, 0.1) is 0 Å². The summed E-state index contributed by atoms with van der Waals surface area (Å²) >= 11 is 0. The number of hydrogen-bond acceptors (Lipinski definition) is 4. The maximum Gasteiger partial charge on any atom is 0.293 e. The molecular weight excluding hydrogens is 240 g/mol. The lowest BCUT2D eigenvalue weighted by Gasteiger charge is -2.12. The summed E-state index contributed by atoms with van der Waals surface area (Å²) in [5, 5.41) is 6.62. The Bertz CT molecular complexity index is 449. The van der Waals surface area contributed by atoms with Crippen LogP contribution in [0.3, 0.4) is 0 Å². The molecule has 2 heterocycles. The van der Waals surface area contributed by atoms with Gasteiger partial charge >= 0.3 is 0 Å². The molecule has 1 aromatic heterocycles. The highest BCUT2D eigenvalue weighted by Crippen LogP contribution is 2.08. The smallest absolute Gasteiger partial charge is 0.293 e. The highest BCUT2D eigenvalue weighted by atomic mass is 16.1. The van der Waals surface area contributed by atoms with Crippen LogP contribution in [0.2, 0.25) is 0 Å². The SMILES string of the molecule is CC(C)Cn1ccnc(NCC[C@H]2CCCN2)c1=O. The first-order chi connectivity index (χ1) is 9.16. The van der Waals surface area contributed by atoms with E-state index in [2.05, 4.69) is 29.5 Å². The molecule has 0 radical (unpaired) electrons. The standard InChI is InChI=1S/C14H24N4O/c1-11(2)10-18-9-8-17-13(14(18)19)16-7-5-12-4-3-6-15-12/h8-9,11-12,15H,3-7,10H2,1-2H3,(H,16,17)/t12-/m1/s1. The fraction of sp³-hybridized carbons (Fsp3) is 0.714. The first-order valence-electron chi connectivity index (χ1n) is 7.19. The van der Waals surface area contributed by atoms with E-state index in [9.17, 15) is 4.79 Å². The Labute approximate surface area is 114 Å². The van der Waals surface area contributed by atoms with E-state index in [0.29, 0.717) is 17.8 Å². The summed E-state index contributed by atoms with van der Waals surface area (Å²) in [6, 6.07) is 0.592. The van der Waals surface area contributed by atoms with Crippen LogP contribution in [0.25, 0.3) is 0 Å². The van der Waals surface area contributed by atoms with E-state index < -0.39 is 0 Å². The first-order valence-corrected chi connectivity index (χ1v) is 7.19. The highest BCUT2D eigenvalue weighted by Gasteiger charge is 2.13. The first kappa shape index (κ1) is 14.1. The van der Waals surface area contributed by atoms with Crippen LogP contribution in [0.4, 0.5) is 5.82 Å². The molecule has 0 unspecified atom stereocenters. The van der Waals surface area contributed by atoms with Crippen LogP contribution >= 0.6 is 0 Å². The fourth-order valence-electron chi connectivity index (χ4n) is 2.47. The third-order valence-corrected chi connectivity index (χ3v) is 3.42. The number of nitrogens with one attached hydrogen (secondary N) is 2. The minimum absolute atomic E-state index is 0.0180. The Balaban J connectivity index is 1.90. The van der Waals surface area contributed by atoms with E-state index >= 15 is 0 Å². The second kappa shape index (κ2) is 6.70. The van der Waals surface area contributed by atoms with Crippen LogP contribution in [0.5, 0.6) is 0 Å². The average Bonchev–Trinajstić information content (AvgIpc) is 2.86. The van der Waals surface area contributed by atoms with Gasteiger partial charge in [0.1, 0.15) is 0 Å². The molecule has 19 heavy (non-hydrogen) atoms. The van der Waals surface area contributed by atoms with Crippen LogP contribution < -0.4 is 16.2 Å². The molecule has 0 saturated carbocycles.